The molecule has 8 rings (SSSR count). The number of aliphatic hydroxyl groups excluding tert-OH is 10. The highest BCUT2D eigenvalue weighted by Crippen LogP contribution is 2.76. The number of ether oxygens (including phenoxy) is 6. The molecule has 3 heterocycles. The van der Waals surface area contributed by atoms with E-state index >= 15 is 0 Å². The van der Waals surface area contributed by atoms with Gasteiger partial charge in [0.2, 0.25) is 6.29 Å². The number of aliphatic carboxylic acids is 1. The van der Waals surface area contributed by atoms with Gasteiger partial charge >= 0.3 is 11.9 Å². The molecule has 7 fully saturated rings. The maximum Gasteiger partial charge on any atom is 0.335 e. The number of allylic oxidation sites excluding steroid dienone is 2. The molecule has 0 aromatic rings. The van der Waals surface area contributed by atoms with E-state index in [0.717, 1.165) is 38.5 Å². The second kappa shape index (κ2) is 17.7. The van der Waals surface area contributed by atoms with E-state index in [1.165, 1.54) is 5.57 Å². The van der Waals surface area contributed by atoms with E-state index in [0.29, 0.717) is 25.7 Å². The third-order valence-electron chi connectivity index (χ3n) is 19.3. The molecule has 3 aliphatic heterocycles. The van der Waals surface area contributed by atoms with Crippen LogP contribution in [0.25, 0.3) is 0 Å². The molecule has 0 unspecified atom stereocenters. The molecule has 0 bridgehead atoms. The minimum Gasteiger partial charge on any atom is -0.479 e. The van der Waals surface area contributed by atoms with Gasteiger partial charge in [-0.05, 0) is 111 Å². The van der Waals surface area contributed by atoms with Crippen LogP contribution in [-0.4, -0.2) is 180 Å². The topological polar surface area (TPSA) is 312 Å². The lowest BCUT2D eigenvalue weighted by atomic mass is 9.33. The van der Waals surface area contributed by atoms with E-state index in [1.807, 2.05) is 13.8 Å². The Labute approximate surface area is 385 Å². The van der Waals surface area contributed by atoms with Crippen LogP contribution in [0.1, 0.15) is 106 Å². The molecule has 0 spiro atoms. The first-order valence-electron chi connectivity index (χ1n) is 23.9. The lowest BCUT2D eigenvalue weighted by Gasteiger charge is -2.71. The zero-order chi connectivity index (χ0) is 48.3. The third-order valence-corrected chi connectivity index (χ3v) is 19.3. The summed E-state index contributed by atoms with van der Waals surface area (Å²) in [5.41, 5.74) is -1.38. The predicted molar refractivity (Wildman–Crippen MR) is 226 cm³/mol. The van der Waals surface area contributed by atoms with Crippen molar-refractivity contribution in [2.75, 3.05) is 19.8 Å². The van der Waals surface area contributed by atoms with Crippen LogP contribution in [0.4, 0.5) is 0 Å². The van der Waals surface area contributed by atoms with Gasteiger partial charge in [-0.25, -0.2) is 4.79 Å². The van der Waals surface area contributed by atoms with Gasteiger partial charge in [-0.15, -0.1) is 0 Å². The molecule has 24 atom stereocenters. The van der Waals surface area contributed by atoms with Crippen LogP contribution in [0.3, 0.4) is 0 Å². The van der Waals surface area contributed by atoms with Gasteiger partial charge in [-0.1, -0.05) is 46.3 Å². The fourth-order valence-corrected chi connectivity index (χ4v) is 14.7. The minimum absolute atomic E-state index is 0.0371. The van der Waals surface area contributed by atoms with Crippen molar-refractivity contribution < 1.29 is 94.2 Å². The highest BCUT2D eigenvalue weighted by atomic mass is 16.8. The summed E-state index contributed by atoms with van der Waals surface area (Å²) in [5, 5.41) is 116. The van der Waals surface area contributed by atoms with E-state index in [9.17, 15) is 65.8 Å². The van der Waals surface area contributed by atoms with E-state index < -0.39 is 128 Å². The highest BCUT2D eigenvalue weighted by molar-refractivity contribution is 5.77. The number of hydrogen-bond donors (Lipinski definition) is 11. The molecule has 0 aromatic heterocycles. The maximum atomic E-state index is 14.1. The molecular formula is C47H74O19. The molecule has 0 radical (unpaired) electrons. The lowest BCUT2D eigenvalue weighted by Crippen LogP contribution is -2.67. The van der Waals surface area contributed by atoms with Crippen molar-refractivity contribution >= 4 is 11.9 Å². The van der Waals surface area contributed by atoms with E-state index in [2.05, 4.69) is 33.8 Å². The number of rotatable bonds is 9. The average molecular weight is 943 g/mol. The molecule has 11 N–H and O–H groups in total. The SMILES string of the molecule is C[C@@]1(C(=O)O[C@H]2O[C@@H](CO)[C@H](O)[C@@H](O)[C@@H]2O)CC[C@@]2(C)CC[C@@]3(C)C(=CC[C@H]4[C@]5(C)CC[C@@H](O[C@H]6O[C@@H](C(=O)O)[C@H](O)[C@@H](O)[C@@H]6O[C@H]6OC[C@H](O)[C@@H](O)[C@@H]6O)[C@](C)(CO)[C@H]5CC[C@]43C)[C@@H]2C1. The van der Waals surface area contributed by atoms with Crippen LogP contribution in [0, 0.1) is 50.2 Å². The maximum absolute atomic E-state index is 14.1. The molecule has 376 valence electrons. The Morgan fingerprint density at radius 3 is 2.06 bits per heavy atom. The Morgan fingerprint density at radius 2 is 1.39 bits per heavy atom. The number of carbonyl (C=O) groups is 2. The molecule has 66 heavy (non-hydrogen) atoms. The van der Waals surface area contributed by atoms with Crippen LogP contribution < -0.4 is 0 Å². The first-order chi connectivity index (χ1) is 30.8. The van der Waals surface area contributed by atoms with Crippen molar-refractivity contribution in [2.45, 2.75) is 198 Å². The largest absolute Gasteiger partial charge is 0.479 e. The predicted octanol–water partition coefficient (Wildman–Crippen LogP) is -0.156. The monoisotopic (exact) mass is 942 g/mol. The van der Waals surface area contributed by atoms with Gasteiger partial charge in [0.15, 0.2) is 18.7 Å². The number of fused-ring (bicyclic) bond motifs is 7. The Balaban J connectivity index is 1.03. The van der Waals surface area contributed by atoms with E-state index in [-0.39, 0.29) is 46.0 Å². The summed E-state index contributed by atoms with van der Waals surface area (Å²) in [5.74, 6) is -2.02. The first kappa shape index (κ1) is 50.5. The van der Waals surface area contributed by atoms with Gasteiger partial charge in [0, 0.05) is 5.41 Å². The minimum atomic E-state index is -1.96. The van der Waals surface area contributed by atoms with Crippen LogP contribution in [0.5, 0.6) is 0 Å². The molecule has 5 aliphatic carbocycles. The number of esters is 1. The summed E-state index contributed by atoms with van der Waals surface area (Å²) in [4.78, 5) is 26.4. The Bertz CT molecular complexity index is 1850. The van der Waals surface area contributed by atoms with Crippen molar-refractivity contribution in [1.82, 2.24) is 0 Å². The second-order valence-corrected chi connectivity index (χ2v) is 22.8. The molecule has 19 heteroatoms. The lowest BCUT2D eigenvalue weighted by molar-refractivity contribution is -0.367. The zero-order valence-corrected chi connectivity index (χ0v) is 38.8. The Hall–Kier alpha value is -1.92. The van der Waals surface area contributed by atoms with Crippen LogP contribution in [-0.2, 0) is 38.0 Å². The highest BCUT2D eigenvalue weighted by Gasteiger charge is 2.69. The molecule has 8 aliphatic rings. The first-order valence-corrected chi connectivity index (χ1v) is 23.9. The zero-order valence-electron chi connectivity index (χ0n) is 38.8. The van der Waals surface area contributed by atoms with E-state index in [4.69, 9.17) is 28.4 Å². The summed E-state index contributed by atoms with van der Waals surface area (Å²) in [6.45, 7) is 11.9. The fraction of sp³-hybridized carbons (Fsp3) is 0.915. The Kier molecular flexibility index (Phi) is 13.6. The van der Waals surface area contributed by atoms with Crippen LogP contribution in [0.15, 0.2) is 11.6 Å². The van der Waals surface area contributed by atoms with Crippen LogP contribution >= 0.6 is 0 Å². The van der Waals surface area contributed by atoms with Gasteiger partial charge < -0.3 is 84.6 Å². The summed E-state index contributed by atoms with van der Waals surface area (Å²) < 4.78 is 35.1. The van der Waals surface area contributed by atoms with E-state index in [1.54, 1.807) is 0 Å². The van der Waals surface area contributed by atoms with Crippen molar-refractivity contribution in [2.24, 2.45) is 50.2 Å². The number of carboxylic acid groups (broad SMARTS) is 1. The molecule has 3 saturated heterocycles. The summed E-state index contributed by atoms with van der Waals surface area (Å²) in [6, 6.07) is 0. The van der Waals surface area contributed by atoms with Crippen molar-refractivity contribution in [3.63, 3.8) is 0 Å². The van der Waals surface area contributed by atoms with Crippen molar-refractivity contribution in [3.05, 3.63) is 11.6 Å². The van der Waals surface area contributed by atoms with Gasteiger partial charge in [0.25, 0.3) is 0 Å². The third kappa shape index (κ3) is 7.73. The average Bonchev–Trinajstić information content (AvgIpc) is 3.27. The smallest absolute Gasteiger partial charge is 0.335 e. The van der Waals surface area contributed by atoms with Gasteiger partial charge in [-0.2, -0.15) is 0 Å². The summed E-state index contributed by atoms with van der Waals surface area (Å²) >= 11 is 0. The summed E-state index contributed by atoms with van der Waals surface area (Å²) in [6.07, 6.45) is -14.4. The number of carboxylic acids is 1. The number of aliphatic hydroxyl groups is 10. The standard InChI is InChI=1S/C47H74O19/c1-42-13-14-43(2,41(60)66-39-34(57)30(53)29(52)24(18-48)62-39)17-22(42)21-7-8-26-44(3)11-10-27(45(4,20-49)25(44)9-12-47(26,6)46(21,5)16-15-42)63-40-36(32(55)31(54)35(64-40)37(58)59)65-38-33(56)28(51)23(50)19-61-38/h7,22-36,38-40,48-57H,8-20H2,1-6H3,(H,58,59)/t22-,23-,24-,25-,26-,27+,28+,29-,30+,31+,32+,33-,34-,35+,36-,38+,39+,40-,42-,43+,44+,45+,46-,47+/m0/s1. The molecule has 0 amide bonds. The van der Waals surface area contributed by atoms with Gasteiger partial charge in [-0.3, -0.25) is 4.79 Å². The quantitative estimate of drug-likeness (QED) is 0.0813. The molecule has 4 saturated carbocycles. The molecular weight excluding hydrogens is 868 g/mol. The van der Waals surface area contributed by atoms with Crippen molar-refractivity contribution in [3.8, 4) is 0 Å². The van der Waals surface area contributed by atoms with Gasteiger partial charge in [0.05, 0.1) is 31.3 Å². The normalized spacial score (nSPS) is 55.0. The molecule has 0 aromatic carbocycles. The Morgan fingerprint density at radius 1 is 0.712 bits per heavy atom. The number of carbonyl (C=O) groups excluding carboxylic acids is 1. The van der Waals surface area contributed by atoms with Crippen molar-refractivity contribution in [1.29, 1.82) is 0 Å². The number of hydrogen-bond acceptors (Lipinski definition) is 18. The fourth-order valence-electron chi connectivity index (χ4n) is 14.7. The van der Waals surface area contributed by atoms with Gasteiger partial charge in [0.1, 0.15) is 61.0 Å². The molecule has 19 nitrogen and oxygen atoms in total. The van der Waals surface area contributed by atoms with Crippen LogP contribution in [0.2, 0.25) is 0 Å². The second-order valence-electron chi connectivity index (χ2n) is 22.8. The summed E-state index contributed by atoms with van der Waals surface area (Å²) in [7, 11) is 0.